The number of nitrogens with zero attached hydrogens (tertiary/aromatic N) is 2. The Morgan fingerprint density at radius 1 is 1.35 bits per heavy atom. The Morgan fingerprint density at radius 2 is 1.90 bits per heavy atom. The highest BCUT2D eigenvalue weighted by atomic mass is 35.5. The molecule has 0 fully saturated rings. The number of halogens is 1. The average Bonchev–Trinajstić information content (AvgIpc) is 2.43. The number of carboxylic acid groups (broad SMARTS) is 1. The Morgan fingerprint density at radius 3 is 2.35 bits per heavy atom. The van der Waals surface area contributed by atoms with Gasteiger partial charge in [0.1, 0.15) is 6.54 Å². The third-order valence-electron chi connectivity index (χ3n) is 2.80. The molecule has 110 valence electrons. The van der Waals surface area contributed by atoms with E-state index in [1.165, 1.54) is 10.0 Å². The van der Waals surface area contributed by atoms with E-state index < -0.39 is 12.5 Å². The number of aliphatic carboxylic acids is 1. The molecular formula is C13H17ClN2O3S. The molecule has 5 nitrogen and oxygen atoms in total. The molecule has 1 rings (SSSR count). The van der Waals surface area contributed by atoms with Gasteiger partial charge in [0, 0.05) is 23.7 Å². The predicted octanol–water partition coefficient (Wildman–Crippen LogP) is 2.17. The molecule has 7 heteroatoms. The van der Waals surface area contributed by atoms with Gasteiger partial charge in [-0.2, -0.15) is 12.6 Å². The molecule has 0 aliphatic rings. The topological polar surface area (TPSA) is 60.9 Å². The van der Waals surface area contributed by atoms with E-state index in [2.05, 4.69) is 12.6 Å². The smallest absolute Gasteiger partial charge is 0.325 e. The lowest BCUT2D eigenvalue weighted by atomic mass is 10.2. The SMILES string of the molecule is CC(CS)C(=O)N(CC(=O)O)N(C)c1ccc(Cl)cc1. The van der Waals surface area contributed by atoms with Gasteiger partial charge in [0.05, 0.1) is 5.69 Å². The molecule has 1 aromatic rings. The minimum Gasteiger partial charge on any atom is -0.480 e. The van der Waals surface area contributed by atoms with Crippen LogP contribution in [0, 0.1) is 5.92 Å². The van der Waals surface area contributed by atoms with Crippen LogP contribution in [-0.2, 0) is 9.59 Å². The number of carbonyl (C=O) groups is 2. The zero-order valence-electron chi connectivity index (χ0n) is 11.3. The Hall–Kier alpha value is -1.40. The van der Waals surface area contributed by atoms with E-state index in [1.54, 1.807) is 38.2 Å². The van der Waals surface area contributed by atoms with Crippen molar-refractivity contribution in [2.24, 2.45) is 5.92 Å². The number of hydrogen-bond donors (Lipinski definition) is 2. The fourth-order valence-electron chi connectivity index (χ4n) is 1.59. The van der Waals surface area contributed by atoms with Crippen LogP contribution >= 0.6 is 24.2 Å². The highest BCUT2D eigenvalue weighted by Crippen LogP contribution is 2.19. The maximum Gasteiger partial charge on any atom is 0.325 e. The summed E-state index contributed by atoms with van der Waals surface area (Å²) in [7, 11) is 1.63. The van der Waals surface area contributed by atoms with E-state index in [9.17, 15) is 9.59 Å². The van der Waals surface area contributed by atoms with Crippen LogP contribution in [0.1, 0.15) is 6.92 Å². The van der Waals surface area contributed by atoms with Crippen molar-refractivity contribution in [1.29, 1.82) is 0 Å². The number of carbonyl (C=O) groups excluding carboxylic acids is 1. The lowest BCUT2D eigenvalue weighted by molar-refractivity contribution is -0.146. The molecule has 1 amide bonds. The molecule has 0 radical (unpaired) electrons. The third-order valence-corrected chi connectivity index (χ3v) is 3.60. The van der Waals surface area contributed by atoms with Gasteiger partial charge in [-0.15, -0.1) is 0 Å². The Bertz CT molecular complexity index is 481. The highest BCUT2D eigenvalue weighted by Gasteiger charge is 2.25. The first kappa shape index (κ1) is 16.7. The molecule has 0 saturated heterocycles. The first-order valence-corrected chi connectivity index (χ1v) is 7.01. The molecule has 1 aromatic carbocycles. The summed E-state index contributed by atoms with van der Waals surface area (Å²) in [6.07, 6.45) is 0. The second-order valence-electron chi connectivity index (χ2n) is 4.37. The molecule has 0 aromatic heterocycles. The summed E-state index contributed by atoms with van der Waals surface area (Å²) in [4.78, 5) is 23.2. The first-order chi connectivity index (χ1) is 9.36. The molecule has 20 heavy (non-hydrogen) atoms. The van der Waals surface area contributed by atoms with Gasteiger partial charge in [-0.25, -0.2) is 5.01 Å². The first-order valence-electron chi connectivity index (χ1n) is 6.00. The van der Waals surface area contributed by atoms with Gasteiger partial charge in [-0.3, -0.25) is 14.6 Å². The van der Waals surface area contributed by atoms with Crippen molar-refractivity contribution in [2.45, 2.75) is 6.92 Å². The van der Waals surface area contributed by atoms with Crippen LogP contribution < -0.4 is 5.01 Å². The number of amides is 1. The van der Waals surface area contributed by atoms with Crippen molar-refractivity contribution in [3.8, 4) is 0 Å². The molecular weight excluding hydrogens is 300 g/mol. The third kappa shape index (κ3) is 4.31. The number of rotatable bonds is 6. The highest BCUT2D eigenvalue weighted by molar-refractivity contribution is 7.80. The Kier molecular flexibility index (Phi) is 6.16. The van der Waals surface area contributed by atoms with Crippen LogP contribution in [0.3, 0.4) is 0 Å². The van der Waals surface area contributed by atoms with E-state index in [1.807, 2.05) is 0 Å². The van der Waals surface area contributed by atoms with Gasteiger partial charge in [0.15, 0.2) is 0 Å². The maximum absolute atomic E-state index is 12.2. The zero-order valence-corrected chi connectivity index (χ0v) is 12.9. The molecule has 0 saturated carbocycles. The summed E-state index contributed by atoms with van der Waals surface area (Å²) >= 11 is 9.89. The maximum atomic E-state index is 12.2. The summed E-state index contributed by atoms with van der Waals surface area (Å²) in [5, 5.41) is 12.2. The largest absolute Gasteiger partial charge is 0.480 e. The fraction of sp³-hybridized carbons (Fsp3) is 0.385. The van der Waals surface area contributed by atoms with Crippen molar-refractivity contribution < 1.29 is 14.7 Å². The van der Waals surface area contributed by atoms with Gasteiger partial charge < -0.3 is 5.11 Å². The number of carboxylic acids is 1. The van der Waals surface area contributed by atoms with Crippen LogP contribution in [-0.4, -0.2) is 41.3 Å². The van der Waals surface area contributed by atoms with E-state index >= 15 is 0 Å². The standard InChI is InChI=1S/C13H17ClN2O3S/c1-9(8-20)13(19)16(7-12(17)18)15(2)11-5-3-10(14)4-6-11/h3-6,9,20H,7-8H2,1-2H3,(H,17,18). The summed E-state index contributed by atoms with van der Waals surface area (Å²) in [5.41, 5.74) is 0.676. The lowest BCUT2D eigenvalue weighted by Crippen LogP contribution is -2.49. The Labute approximate surface area is 128 Å². The summed E-state index contributed by atoms with van der Waals surface area (Å²) in [6, 6.07) is 6.79. The van der Waals surface area contributed by atoms with Crippen LogP contribution in [0.15, 0.2) is 24.3 Å². The number of hydrazine groups is 1. The minimum atomic E-state index is -1.08. The summed E-state index contributed by atoms with van der Waals surface area (Å²) in [6.45, 7) is 1.30. The Balaban J connectivity index is 3.00. The van der Waals surface area contributed by atoms with Crippen LogP contribution in [0.2, 0.25) is 5.02 Å². The second-order valence-corrected chi connectivity index (χ2v) is 5.17. The number of benzene rings is 1. The normalized spacial score (nSPS) is 11.8. The predicted molar refractivity (Wildman–Crippen MR) is 82.2 cm³/mol. The molecule has 1 unspecified atom stereocenters. The van der Waals surface area contributed by atoms with Gasteiger partial charge in [0.25, 0.3) is 0 Å². The van der Waals surface area contributed by atoms with E-state index in [-0.39, 0.29) is 11.8 Å². The molecule has 0 heterocycles. The fourth-order valence-corrected chi connectivity index (χ4v) is 1.87. The van der Waals surface area contributed by atoms with E-state index in [0.29, 0.717) is 16.5 Å². The monoisotopic (exact) mass is 316 g/mol. The lowest BCUT2D eigenvalue weighted by Gasteiger charge is -2.34. The zero-order chi connectivity index (χ0) is 15.3. The molecule has 0 aliphatic carbocycles. The van der Waals surface area contributed by atoms with Gasteiger partial charge in [-0.05, 0) is 24.3 Å². The molecule has 0 aliphatic heterocycles. The van der Waals surface area contributed by atoms with Gasteiger partial charge in [0.2, 0.25) is 5.91 Å². The van der Waals surface area contributed by atoms with Crippen molar-refractivity contribution in [1.82, 2.24) is 5.01 Å². The molecule has 0 bridgehead atoms. The molecule has 1 atom stereocenters. The summed E-state index contributed by atoms with van der Waals surface area (Å²) < 4.78 is 0. The van der Waals surface area contributed by atoms with E-state index in [0.717, 1.165) is 0 Å². The minimum absolute atomic E-state index is 0.292. The average molecular weight is 317 g/mol. The summed E-state index contributed by atoms with van der Waals surface area (Å²) in [5.74, 6) is -1.39. The van der Waals surface area contributed by atoms with Crippen molar-refractivity contribution in [3.05, 3.63) is 29.3 Å². The van der Waals surface area contributed by atoms with Gasteiger partial charge >= 0.3 is 5.97 Å². The van der Waals surface area contributed by atoms with Crippen LogP contribution in [0.25, 0.3) is 0 Å². The number of hydrogen-bond acceptors (Lipinski definition) is 4. The second kappa shape index (κ2) is 7.40. The van der Waals surface area contributed by atoms with Crippen LogP contribution in [0.5, 0.6) is 0 Å². The quantitative estimate of drug-likeness (QED) is 0.624. The van der Waals surface area contributed by atoms with Crippen LogP contribution in [0.4, 0.5) is 5.69 Å². The number of thiol groups is 1. The molecule has 1 N–H and O–H groups in total. The molecule has 0 spiro atoms. The van der Waals surface area contributed by atoms with Crippen molar-refractivity contribution in [3.63, 3.8) is 0 Å². The van der Waals surface area contributed by atoms with Crippen molar-refractivity contribution >= 4 is 41.8 Å². The van der Waals surface area contributed by atoms with E-state index in [4.69, 9.17) is 16.7 Å². The van der Waals surface area contributed by atoms with Gasteiger partial charge in [-0.1, -0.05) is 18.5 Å². The van der Waals surface area contributed by atoms with Crippen molar-refractivity contribution in [2.75, 3.05) is 24.4 Å². The number of anilines is 1.